The highest BCUT2D eigenvalue weighted by Gasteiger charge is 2.27. The molecule has 11 nitrogen and oxygen atoms in total. The van der Waals surface area contributed by atoms with Crippen LogP contribution in [0.25, 0.3) is 11.3 Å². The molecule has 11 heteroatoms. The highest BCUT2D eigenvalue weighted by atomic mass is 16.6. The second kappa shape index (κ2) is 12.2. The van der Waals surface area contributed by atoms with Crippen molar-refractivity contribution in [1.82, 2.24) is 19.8 Å². The highest BCUT2D eigenvalue weighted by Crippen LogP contribution is 2.25. The largest absolute Gasteiger partial charge is 0.444 e. The normalized spacial score (nSPS) is 13.8. The van der Waals surface area contributed by atoms with Crippen molar-refractivity contribution in [3.05, 3.63) is 77.1 Å². The quantitative estimate of drug-likeness (QED) is 0.315. The van der Waals surface area contributed by atoms with E-state index in [4.69, 9.17) is 26.0 Å². The number of nitrogen functional groups attached to an aromatic ring is 1. The van der Waals surface area contributed by atoms with E-state index in [1.54, 1.807) is 52.3 Å². The molecule has 0 aliphatic carbocycles. The van der Waals surface area contributed by atoms with Gasteiger partial charge in [0.25, 0.3) is 5.91 Å². The number of nitrogens with zero attached hydrogens (tertiary/aromatic N) is 4. The minimum Gasteiger partial charge on any atom is -0.444 e. The van der Waals surface area contributed by atoms with E-state index in [2.05, 4.69) is 9.97 Å². The zero-order valence-corrected chi connectivity index (χ0v) is 23.7. The molecule has 1 saturated heterocycles. The molecule has 1 aliphatic heterocycles. The van der Waals surface area contributed by atoms with Gasteiger partial charge in [-0.15, -0.1) is 0 Å². The van der Waals surface area contributed by atoms with E-state index >= 15 is 0 Å². The molecule has 2 aromatic carbocycles. The summed E-state index contributed by atoms with van der Waals surface area (Å²) in [5, 5.41) is 16.5. The Morgan fingerprint density at radius 1 is 0.927 bits per heavy atom. The Kier molecular flexibility index (Phi) is 8.65. The van der Waals surface area contributed by atoms with Crippen LogP contribution < -0.4 is 5.73 Å². The van der Waals surface area contributed by atoms with E-state index in [0.717, 1.165) is 5.56 Å². The summed E-state index contributed by atoms with van der Waals surface area (Å²) in [5.74, 6) is -0.712. The minimum absolute atomic E-state index is 0.00523. The molecule has 3 aromatic rings. The predicted molar refractivity (Wildman–Crippen MR) is 156 cm³/mol. The second-order valence-electron chi connectivity index (χ2n) is 10.8. The van der Waals surface area contributed by atoms with Crippen LogP contribution in [0.15, 0.2) is 54.7 Å². The summed E-state index contributed by atoms with van der Waals surface area (Å²) in [6, 6.07) is 14.1. The van der Waals surface area contributed by atoms with Crippen molar-refractivity contribution < 1.29 is 19.1 Å². The lowest BCUT2D eigenvalue weighted by Crippen LogP contribution is -2.40. The van der Waals surface area contributed by atoms with Crippen molar-refractivity contribution in [2.75, 3.05) is 31.9 Å². The highest BCUT2D eigenvalue weighted by molar-refractivity contribution is 6.05. The maximum absolute atomic E-state index is 13.3. The number of hydrogen-bond donors (Lipinski definition) is 3. The Hall–Kier alpha value is -4.80. The van der Waals surface area contributed by atoms with Crippen LogP contribution in [-0.2, 0) is 9.47 Å². The molecule has 1 fully saturated rings. The molecule has 41 heavy (non-hydrogen) atoms. The molecule has 2 amide bonds. The van der Waals surface area contributed by atoms with Crippen molar-refractivity contribution in [3.8, 4) is 11.3 Å². The molecule has 1 aliphatic rings. The fourth-order valence-corrected chi connectivity index (χ4v) is 4.39. The number of ether oxygens (including phenoxy) is 2. The molecule has 0 atom stereocenters. The van der Waals surface area contributed by atoms with Crippen molar-refractivity contribution in [2.45, 2.75) is 39.7 Å². The SMILES string of the molecule is Cc1cc(C(=O)N2CCCN(C(=O)OC(C)(C)C)CC2)ccc1-c1cnc(N)c(C(=N)OC(=N)c2ccccc2)n1. The number of carbonyl (C=O) groups excluding carboxylic acids is 2. The third-order valence-corrected chi connectivity index (χ3v) is 6.44. The fraction of sp³-hybridized carbons (Fsp3) is 0.333. The van der Waals surface area contributed by atoms with E-state index < -0.39 is 11.5 Å². The average Bonchev–Trinajstić information content (AvgIpc) is 3.19. The third-order valence-electron chi connectivity index (χ3n) is 6.44. The van der Waals surface area contributed by atoms with Gasteiger partial charge >= 0.3 is 6.09 Å². The van der Waals surface area contributed by atoms with Crippen molar-refractivity contribution in [1.29, 1.82) is 10.8 Å². The Balaban J connectivity index is 1.47. The minimum atomic E-state index is -0.577. The first-order chi connectivity index (χ1) is 19.4. The van der Waals surface area contributed by atoms with Crippen molar-refractivity contribution >= 4 is 29.6 Å². The molecular formula is C30H35N7O4. The van der Waals surface area contributed by atoms with Crippen LogP contribution >= 0.6 is 0 Å². The van der Waals surface area contributed by atoms with Gasteiger partial charge in [0.2, 0.25) is 11.8 Å². The van der Waals surface area contributed by atoms with E-state index in [0.29, 0.717) is 55.0 Å². The predicted octanol–water partition coefficient (Wildman–Crippen LogP) is 4.48. The molecule has 0 spiro atoms. The first-order valence-electron chi connectivity index (χ1n) is 13.3. The van der Waals surface area contributed by atoms with Crippen LogP contribution in [0.5, 0.6) is 0 Å². The van der Waals surface area contributed by atoms with E-state index in [-0.39, 0.29) is 29.4 Å². The zero-order valence-electron chi connectivity index (χ0n) is 23.7. The maximum atomic E-state index is 13.3. The fourth-order valence-electron chi connectivity index (χ4n) is 4.39. The first kappa shape index (κ1) is 29.2. The molecular weight excluding hydrogens is 522 g/mol. The molecule has 0 bridgehead atoms. The van der Waals surface area contributed by atoms with Gasteiger partial charge in [0.05, 0.1) is 11.9 Å². The Labute approximate surface area is 239 Å². The summed E-state index contributed by atoms with van der Waals surface area (Å²) in [7, 11) is 0. The molecule has 0 saturated carbocycles. The van der Waals surface area contributed by atoms with Gasteiger partial charge in [-0.25, -0.2) is 14.8 Å². The van der Waals surface area contributed by atoms with E-state index in [9.17, 15) is 9.59 Å². The van der Waals surface area contributed by atoms with Crippen molar-refractivity contribution in [2.24, 2.45) is 0 Å². The number of benzene rings is 2. The number of anilines is 1. The molecule has 0 unspecified atom stereocenters. The van der Waals surface area contributed by atoms with E-state index in [1.165, 1.54) is 6.20 Å². The number of rotatable bonds is 4. The number of nitrogens with two attached hydrogens (primary N) is 1. The summed E-state index contributed by atoms with van der Waals surface area (Å²) in [4.78, 5) is 37.9. The van der Waals surface area contributed by atoms with Gasteiger partial charge in [-0.3, -0.25) is 15.6 Å². The van der Waals surface area contributed by atoms with Crippen LogP contribution in [0.4, 0.5) is 10.6 Å². The molecule has 4 N–H and O–H groups in total. The molecule has 214 valence electrons. The van der Waals surface area contributed by atoms with Gasteiger partial charge in [0.15, 0.2) is 11.5 Å². The number of hydrogen-bond acceptors (Lipinski definition) is 9. The van der Waals surface area contributed by atoms with Crippen LogP contribution in [-0.4, -0.2) is 75.3 Å². The number of nitrogens with one attached hydrogen (secondary N) is 2. The maximum Gasteiger partial charge on any atom is 0.410 e. The Bertz CT molecular complexity index is 1470. The number of aromatic nitrogens is 2. The van der Waals surface area contributed by atoms with Crippen LogP contribution in [0.1, 0.15) is 54.4 Å². The standard InChI is InChI=1S/C30H35N7O4/c1-19-17-21(28(38)36-13-8-14-37(16-15-36)29(39)41-30(2,3)4)11-12-22(19)23-18-34-25(31)24(35-23)27(33)40-26(32)20-9-6-5-7-10-20/h5-7,9-12,17-18,32-33H,8,13-16H2,1-4H3,(H2,31,34). The first-order valence-corrected chi connectivity index (χ1v) is 13.3. The summed E-state index contributed by atoms with van der Waals surface area (Å²) >= 11 is 0. The lowest BCUT2D eigenvalue weighted by Gasteiger charge is -2.26. The van der Waals surface area contributed by atoms with Gasteiger partial charge in [0.1, 0.15) is 5.60 Å². The summed E-state index contributed by atoms with van der Waals surface area (Å²) < 4.78 is 10.9. The topological polar surface area (TPSA) is 159 Å². The van der Waals surface area contributed by atoms with Gasteiger partial charge in [-0.05, 0) is 63.9 Å². The number of amides is 2. The average molecular weight is 558 g/mol. The smallest absolute Gasteiger partial charge is 0.410 e. The van der Waals surface area contributed by atoms with Crippen LogP contribution in [0.2, 0.25) is 0 Å². The van der Waals surface area contributed by atoms with Crippen LogP contribution in [0, 0.1) is 17.7 Å². The van der Waals surface area contributed by atoms with Crippen molar-refractivity contribution in [3.63, 3.8) is 0 Å². The van der Waals surface area contributed by atoms with Crippen LogP contribution in [0.3, 0.4) is 0 Å². The summed E-state index contributed by atoms with van der Waals surface area (Å²) in [6.45, 7) is 9.22. The van der Waals surface area contributed by atoms with Gasteiger partial charge in [-0.1, -0.05) is 24.3 Å². The second-order valence-corrected chi connectivity index (χ2v) is 10.8. The Morgan fingerprint density at radius 3 is 2.29 bits per heavy atom. The van der Waals surface area contributed by atoms with E-state index in [1.807, 2.05) is 33.8 Å². The monoisotopic (exact) mass is 557 g/mol. The molecule has 1 aromatic heterocycles. The van der Waals surface area contributed by atoms with Gasteiger partial charge in [0, 0.05) is 42.9 Å². The lowest BCUT2D eigenvalue weighted by atomic mass is 10.0. The zero-order chi connectivity index (χ0) is 29.7. The summed E-state index contributed by atoms with van der Waals surface area (Å²) in [5.41, 5.74) is 8.42. The van der Waals surface area contributed by atoms with Gasteiger partial charge in [-0.2, -0.15) is 0 Å². The molecule has 2 heterocycles. The number of aryl methyl sites for hydroxylation is 1. The molecule has 4 rings (SSSR count). The van der Waals surface area contributed by atoms with Gasteiger partial charge < -0.3 is 25.0 Å². The Morgan fingerprint density at radius 2 is 1.61 bits per heavy atom. The number of carbonyl (C=O) groups is 2. The summed E-state index contributed by atoms with van der Waals surface area (Å²) in [6.07, 6.45) is 1.78. The lowest BCUT2D eigenvalue weighted by molar-refractivity contribution is 0.0255. The molecule has 0 radical (unpaired) electrons. The third kappa shape index (κ3) is 7.24.